The lowest BCUT2D eigenvalue weighted by Crippen LogP contribution is -2.34. The van der Waals surface area contributed by atoms with Crippen LogP contribution >= 0.6 is 11.6 Å². The molecule has 124 valence electrons. The zero-order valence-electron chi connectivity index (χ0n) is 13.6. The van der Waals surface area contributed by atoms with Crippen molar-refractivity contribution in [3.05, 3.63) is 40.5 Å². The van der Waals surface area contributed by atoms with Gasteiger partial charge in [0, 0.05) is 12.1 Å². The second-order valence-corrected chi connectivity index (χ2v) is 5.62. The van der Waals surface area contributed by atoms with Crippen LogP contribution in [0.25, 0.3) is 0 Å². The van der Waals surface area contributed by atoms with E-state index in [9.17, 15) is 4.79 Å². The summed E-state index contributed by atoms with van der Waals surface area (Å²) in [4.78, 5) is 12.3. The molecule has 1 atom stereocenters. The minimum Gasteiger partial charge on any atom is -0.489 e. The van der Waals surface area contributed by atoms with Crippen LogP contribution in [0.4, 0.5) is 0 Å². The molecule has 6 nitrogen and oxygen atoms in total. The summed E-state index contributed by atoms with van der Waals surface area (Å²) in [5.74, 6) is 0.900. The number of rotatable bonds is 6. The van der Waals surface area contributed by atoms with Gasteiger partial charge in [-0.2, -0.15) is 5.10 Å². The van der Waals surface area contributed by atoms with Gasteiger partial charge in [0.15, 0.2) is 0 Å². The van der Waals surface area contributed by atoms with Crippen LogP contribution in [0.2, 0.25) is 5.02 Å². The molecule has 0 aliphatic heterocycles. The highest BCUT2D eigenvalue weighted by Crippen LogP contribution is 2.20. The maximum absolute atomic E-state index is 12.3. The molecular weight excluding hydrogens is 318 g/mol. The average molecular weight is 338 g/mol. The molecule has 0 unspecified atom stereocenters. The molecule has 2 aromatic rings. The van der Waals surface area contributed by atoms with Crippen LogP contribution in [0.1, 0.15) is 23.0 Å². The predicted octanol–water partition coefficient (Wildman–Crippen LogP) is 2.59. The van der Waals surface area contributed by atoms with Crippen LogP contribution in [0.15, 0.2) is 24.3 Å². The molecule has 23 heavy (non-hydrogen) atoms. The van der Waals surface area contributed by atoms with E-state index in [2.05, 4.69) is 10.4 Å². The number of nitrogens with zero attached hydrogens (tertiary/aromatic N) is 2. The molecule has 0 aliphatic carbocycles. The fourth-order valence-corrected chi connectivity index (χ4v) is 2.37. The summed E-state index contributed by atoms with van der Waals surface area (Å²) in [6.07, 6.45) is -0.192. The summed E-state index contributed by atoms with van der Waals surface area (Å²) in [6.45, 7) is 4.01. The standard InChI is InChI=1S/C16H20ClN3O3/c1-10(23-13-7-5-12(17)6-8-13)9-18-15(21)14-11(2)19-20(3)16(14)22-4/h5-8,10H,9H2,1-4H3,(H,18,21)/t10-/m1/s1. The van der Waals surface area contributed by atoms with Gasteiger partial charge in [0.2, 0.25) is 5.88 Å². The second kappa shape index (κ2) is 7.37. The first kappa shape index (κ1) is 17.1. The maximum Gasteiger partial charge on any atom is 0.258 e. The molecule has 0 saturated carbocycles. The molecule has 0 fully saturated rings. The zero-order valence-corrected chi connectivity index (χ0v) is 14.3. The van der Waals surface area contributed by atoms with Gasteiger partial charge in [0.25, 0.3) is 5.91 Å². The first-order valence-electron chi connectivity index (χ1n) is 7.20. The Morgan fingerprint density at radius 3 is 2.65 bits per heavy atom. The fraction of sp³-hybridized carbons (Fsp3) is 0.375. The first-order valence-corrected chi connectivity index (χ1v) is 7.58. The lowest BCUT2D eigenvalue weighted by atomic mass is 10.2. The van der Waals surface area contributed by atoms with Gasteiger partial charge < -0.3 is 14.8 Å². The van der Waals surface area contributed by atoms with Crippen molar-refractivity contribution in [2.45, 2.75) is 20.0 Å². The van der Waals surface area contributed by atoms with E-state index >= 15 is 0 Å². The van der Waals surface area contributed by atoms with E-state index < -0.39 is 0 Å². The van der Waals surface area contributed by atoms with E-state index in [1.807, 2.05) is 6.92 Å². The Morgan fingerprint density at radius 1 is 1.39 bits per heavy atom. The molecule has 0 radical (unpaired) electrons. The summed E-state index contributed by atoms with van der Waals surface area (Å²) in [5.41, 5.74) is 1.06. The normalized spacial score (nSPS) is 11.9. The second-order valence-electron chi connectivity index (χ2n) is 5.19. The number of hydrogen-bond acceptors (Lipinski definition) is 4. The molecule has 1 heterocycles. The molecule has 1 aromatic heterocycles. The lowest BCUT2D eigenvalue weighted by molar-refractivity contribution is 0.0928. The molecule has 0 aliphatic rings. The number of aromatic nitrogens is 2. The smallest absolute Gasteiger partial charge is 0.258 e. The Hall–Kier alpha value is -2.21. The average Bonchev–Trinajstić information content (AvgIpc) is 2.80. The Balaban J connectivity index is 1.95. The number of amides is 1. The van der Waals surface area contributed by atoms with E-state index in [0.717, 1.165) is 0 Å². The van der Waals surface area contributed by atoms with E-state index in [0.29, 0.717) is 34.5 Å². The zero-order chi connectivity index (χ0) is 17.0. The third-order valence-corrected chi connectivity index (χ3v) is 3.54. The summed E-state index contributed by atoms with van der Waals surface area (Å²) >= 11 is 5.83. The van der Waals surface area contributed by atoms with Gasteiger partial charge in [-0.15, -0.1) is 0 Å². The summed E-state index contributed by atoms with van der Waals surface area (Å²) in [5, 5.41) is 7.68. The van der Waals surface area contributed by atoms with Crippen molar-refractivity contribution in [3.63, 3.8) is 0 Å². The van der Waals surface area contributed by atoms with Gasteiger partial charge in [-0.1, -0.05) is 11.6 Å². The van der Waals surface area contributed by atoms with Crippen molar-refractivity contribution >= 4 is 17.5 Å². The van der Waals surface area contributed by atoms with Crippen LogP contribution in [-0.4, -0.2) is 35.4 Å². The van der Waals surface area contributed by atoms with Crippen LogP contribution in [-0.2, 0) is 7.05 Å². The number of carbonyl (C=O) groups is 1. The van der Waals surface area contributed by atoms with Crippen molar-refractivity contribution in [1.29, 1.82) is 0 Å². The van der Waals surface area contributed by atoms with Crippen molar-refractivity contribution in [3.8, 4) is 11.6 Å². The summed E-state index contributed by atoms with van der Waals surface area (Å²) < 4.78 is 12.5. The van der Waals surface area contributed by atoms with E-state index in [1.165, 1.54) is 11.8 Å². The van der Waals surface area contributed by atoms with E-state index in [1.54, 1.807) is 38.2 Å². The summed E-state index contributed by atoms with van der Waals surface area (Å²) in [7, 11) is 3.24. The van der Waals surface area contributed by atoms with Gasteiger partial charge >= 0.3 is 0 Å². The fourth-order valence-electron chi connectivity index (χ4n) is 2.24. The van der Waals surface area contributed by atoms with Crippen molar-refractivity contribution in [2.24, 2.45) is 7.05 Å². The molecule has 1 aromatic carbocycles. The van der Waals surface area contributed by atoms with Crippen LogP contribution in [0.5, 0.6) is 11.6 Å². The highest BCUT2D eigenvalue weighted by Gasteiger charge is 2.21. The third kappa shape index (κ3) is 4.16. The SMILES string of the molecule is COc1c(C(=O)NC[C@@H](C)Oc2ccc(Cl)cc2)c(C)nn1C. The molecule has 0 spiro atoms. The highest BCUT2D eigenvalue weighted by molar-refractivity contribution is 6.30. The Kier molecular flexibility index (Phi) is 5.50. The van der Waals surface area contributed by atoms with Gasteiger partial charge in [0.05, 0.1) is 19.3 Å². The topological polar surface area (TPSA) is 65.4 Å². The molecular formula is C16H20ClN3O3. The first-order chi connectivity index (χ1) is 10.9. The molecule has 0 bridgehead atoms. The summed E-state index contributed by atoms with van der Waals surface area (Å²) in [6, 6.07) is 7.09. The minimum atomic E-state index is -0.237. The number of carbonyl (C=O) groups excluding carboxylic acids is 1. The molecule has 1 N–H and O–H groups in total. The molecule has 2 rings (SSSR count). The van der Waals surface area contributed by atoms with E-state index in [-0.39, 0.29) is 12.0 Å². The highest BCUT2D eigenvalue weighted by atomic mass is 35.5. The van der Waals surface area contributed by atoms with Crippen LogP contribution in [0.3, 0.4) is 0 Å². The van der Waals surface area contributed by atoms with Gasteiger partial charge in [-0.25, -0.2) is 4.68 Å². The number of halogens is 1. The van der Waals surface area contributed by atoms with Crippen molar-refractivity contribution in [1.82, 2.24) is 15.1 Å². The largest absolute Gasteiger partial charge is 0.489 e. The Bertz CT molecular complexity index is 683. The molecule has 1 amide bonds. The number of ether oxygens (including phenoxy) is 2. The molecule has 0 saturated heterocycles. The quantitative estimate of drug-likeness (QED) is 0.880. The lowest BCUT2D eigenvalue weighted by Gasteiger charge is -2.15. The minimum absolute atomic E-state index is 0.192. The number of benzene rings is 1. The Morgan fingerprint density at radius 2 is 2.04 bits per heavy atom. The van der Waals surface area contributed by atoms with Crippen LogP contribution in [0, 0.1) is 6.92 Å². The number of hydrogen-bond donors (Lipinski definition) is 1. The van der Waals surface area contributed by atoms with E-state index in [4.69, 9.17) is 21.1 Å². The van der Waals surface area contributed by atoms with Crippen LogP contribution < -0.4 is 14.8 Å². The number of methoxy groups -OCH3 is 1. The van der Waals surface area contributed by atoms with Gasteiger partial charge in [-0.05, 0) is 38.1 Å². The van der Waals surface area contributed by atoms with Gasteiger partial charge in [-0.3, -0.25) is 4.79 Å². The number of aryl methyl sites for hydroxylation is 2. The maximum atomic E-state index is 12.3. The van der Waals surface area contributed by atoms with Gasteiger partial charge in [0.1, 0.15) is 17.4 Å². The van der Waals surface area contributed by atoms with Crippen molar-refractivity contribution in [2.75, 3.05) is 13.7 Å². The number of nitrogens with one attached hydrogen (secondary N) is 1. The monoisotopic (exact) mass is 337 g/mol. The predicted molar refractivity (Wildman–Crippen MR) is 88.4 cm³/mol. The van der Waals surface area contributed by atoms with Crippen molar-refractivity contribution < 1.29 is 14.3 Å². The Labute approximate surface area is 140 Å². The third-order valence-electron chi connectivity index (χ3n) is 3.29. The molecule has 7 heteroatoms.